The topological polar surface area (TPSA) is 52.5 Å². The summed E-state index contributed by atoms with van der Waals surface area (Å²) in [5, 5.41) is 18.2. The molecule has 16 heavy (non-hydrogen) atoms. The summed E-state index contributed by atoms with van der Waals surface area (Å²) >= 11 is 0. The third kappa shape index (κ3) is 24.0. The van der Waals surface area contributed by atoms with Gasteiger partial charge in [-0.15, -0.1) is 0 Å². The first-order chi connectivity index (χ1) is 6.76. The fourth-order valence-corrected chi connectivity index (χ4v) is 1.31. The second kappa shape index (κ2) is 24.7. The maximum atomic E-state index is 7.57. The standard InChI is InChI=1S/C7H14N.2C2H6O.CH3.Ti/c1-8-7-5-3-2-4-6-7;2*1-2-3;;/h7-8H,1-6H2;2*3H,2H2,1H3;1H3;/q-1;;;-1;+2. The van der Waals surface area contributed by atoms with Crippen molar-refractivity contribution in [3.63, 3.8) is 0 Å². The Labute approximate surface area is 117 Å². The average Bonchev–Trinajstić information content (AvgIpc) is 2.21. The molecule has 0 unspecified atom stereocenters. The molecule has 0 aromatic heterocycles. The van der Waals surface area contributed by atoms with Gasteiger partial charge in [0.05, 0.1) is 0 Å². The van der Waals surface area contributed by atoms with Crippen LogP contribution in [0.3, 0.4) is 0 Å². The van der Waals surface area contributed by atoms with Crippen molar-refractivity contribution < 1.29 is 31.9 Å². The normalized spacial score (nSPS) is 14.1. The zero-order valence-electron chi connectivity index (χ0n) is 11.1. The molecule has 1 rings (SSSR count). The third-order valence-corrected chi connectivity index (χ3v) is 1.89. The molecule has 3 nitrogen and oxygen atoms in total. The average molecular weight is 267 g/mol. The van der Waals surface area contributed by atoms with Crippen molar-refractivity contribution in [3.05, 3.63) is 14.5 Å². The molecule has 98 valence electrons. The minimum atomic E-state index is 0. The summed E-state index contributed by atoms with van der Waals surface area (Å²) in [5.41, 5.74) is 0. The van der Waals surface area contributed by atoms with Crippen LogP contribution in [-0.4, -0.2) is 29.5 Å². The second-order valence-electron chi connectivity index (χ2n) is 3.17. The van der Waals surface area contributed by atoms with Gasteiger partial charge in [-0.2, -0.15) is 0 Å². The van der Waals surface area contributed by atoms with Crippen LogP contribution in [0.5, 0.6) is 0 Å². The number of aliphatic hydroxyl groups excluding tert-OH is 2. The monoisotopic (exact) mass is 267 g/mol. The van der Waals surface area contributed by atoms with Crippen molar-refractivity contribution >= 4 is 0 Å². The van der Waals surface area contributed by atoms with Gasteiger partial charge in [-0.3, -0.25) is 7.05 Å². The van der Waals surface area contributed by atoms with Gasteiger partial charge in [0.25, 0.3) is 0 Å². The van der Waals surface area contributed by atoms with Crippen LogP contribution < -0.4 is 5.32 Å². The minimum absolute atomic E-state index is 0. The van der Waals surface area contributed by atoms with E-state index in [-0.39, 0.29) is 42.4 Å². The van der Waals surface area contributed by atoms with Gasteiger partial charge in [0.2, 0.25) is 0 Å². The van der Waals surface area contributed by atoms with E-state index in [9.17, 15) is 0 Å². The van der Waals surface area contributed by atoms with E-state index < -0.39 is 0 Å². The molecule has 1 fully saturated rings. The largest absolute Gasteiger partial charge is 2.00 e. The summed E-state index contributed by atoms with van der Waals surface area (Å²) in [6, 6.07) is 0.726. The molecule has 1 aliphatic rings. The molecule has 0 spiro atoms. The van der Waals surface area contributed by atoms with Crippen LogP contribution in [0.4, 0.5) is 0 Å². The predicted molar refractivity (Wildman–Crippen MR) is 67.3 cm³/mol. The van der Waals surface area contributed by atoms with Gasteiger partial charge in [-0.25, -0.2) is 0 Å². The summed E-state index contributed by atoms with van der Waals surface area (Å²) in [6.07, 6.45) is 6.89. The van der Waals surface area contributed by atoms with Crippen molar-refractivity contribution in [2.45, 2.75) is 52.0 Å². The van der Waals surface area contributed by atoms with Gasteiger partial charge in [-0.05, 0) is 32.7 Å². The Bertz CT molecular complexity index is 87.1. The van der Waals surface area contributed by atoms with Gasteiger partial charge >= 0.3 is 21.7 Å². The van der Waals surface area contributed by atoms with Crippen LogP contribution in [0.25, 0.3) is 0 Å². The summed E-state index contributed by atoms with van der Waals surface area (Å²) in [4.78, 5) is 0. The van der Waals surface area contributed by atoms with E-state index in [2.05, 4.69) is 12.4 Å². The van der Waals surface area contributed by atoms with Crippen molar-refractivity contribution in [2.24, 2.45) is 0 Å². The van der Waals surface area contributed by atoms with Gasteiger partial charge < -0.3 is 23.0 Å². The Hall–Kier alpha value is 0.594. The van der Waals surface area contributed by atoms with Gasteiger partial charge in [0.1, 0.15) is 0 Å². The van der Waals surface area contributed by atoms with Crippen LogP contribution in [0.1, 0.15) is 46.0 Å². The fraction of sp³-hybridized carbons (Fsp3) is 0.833. The Morgan fingerprint density at radius 1 is 1.06 bits per heavy atom. The predicted octanol–water partition coefficient (Wildman–Crippen LogP) is 2.15. The summed E-state index contributed by atoms with van der Waals surface area (Å²) in [7, 11) is 3.66. The molecule has 0 amide bonds. The van der Waals surface area contributed by atoms with Gasteiger partial charge in [0, 0.05) is 13.2 Å². The Balaban J connectivity index is -0.0000000785. The van der Waals surface area contributed by atoms with Crippen molar-refractivity contribution in [2.75, 3.05) is 13.2 Å². The second-order valence-corrected chi connectivity index (χ2v) is 3.17. The summed E-state index contributed by atoms with van der Waals surface area (Å²) < 4.78 is 0. The SMILES string of the molecule is CCO.CCO.[CH2-]NC1CCCCC1.[CH3-].[Ti+2]. The molecule has 3 N–H and O–H groups in total. The number of rotatable bonds is 1. The maximum absolute atomic E-state index is 7.57. The Kier molecular flexibility index (Phi) is 39.3. The minimum Gasteiger partial charge on any atom is -0.470 e. The molecule has 0 aliphatic heterocycles. The number of hydrogen-bond acceptors (Lipinski definition) is 3. The van der Waals surface area contributed by atoms with E-state index in [1.807, 2.05) is 0 Å². The molecule has 0 aromatic carbocycles. The molecule has 0 heterocycles. The molecule has 4 heteroatoms. The van der Waals surface area contributed by atoms with E-state index in [4.69, 9.17) is 10.2 Å². The first-order valence-corrected chi connectivity index (χ1v) is 5.51. The van der Waals surface area contributed by atoms with E-state index >= 15 is 0 Å². The Morgan fingerprint density at radius 2 is 1.38 bits per heavy atom. The molecular formula is C12H29NO2Ti. The van der Waals surface area contributed by atoms with Crippen molar-refractivity contribution in [1.29, 1.82) is 0 Å². The number of nitrogens with one attached hydrogen (secondary N) is 1. The Morgan fingerprint density at radius 3 is 1.56 bits per heavy atom. The van der Waals surface area contributed by atoms with Crippen LogP contribution >= 0.6 is 0 Å². The zero-order valence-corrected chi connectivity index (χ0v) is 12.7. The zero-order chi connectivity index (χ0) is 11.2. The molecule has 1 aliphatic carbocycles. The van der Waals surface area contributed by atoms with Gasteiger partial charge in [0.15, 0.2) is 0 Å². The maximum Gasteiger partial charge on any atom is 2.00 e. The van der Waals surface area contributed by atoms with Crippen LogP contribution in [-0.2, 0) is 21.7 Å². The molecule has 1 saturated carbocycles. The van der Waals surface area contributed by atoms with Gasteiger partial charge in [-0.1, -0.05) is 19.3 Å². The first-order valence-electron chi connectivity index (χ1n) is 5.51. The van der Waals surface area contributed by atoms with E-state index in [0.29, 0.717) is 0 Å². The van der Waals surface area contributed by atoms with Crippen LogP contribution in [0, 0.1) is 14.5 Å². The first kappa shape index (κ1) is 25.4. The quantitative estimate of drug-likeness (QED) is 0.504. The van der Waals surface area contributed by atoms with Crippen molar-refractivity contribution in [3.8, 4) is 0 Å². The van der Waals surface area contributed by atoms with E-state index in [1.165, 1.54) is 32.1 Å². The number of hydrogen-bond donors (Lipinski definition) is 3. The number of aliphatic hydroxyl groups is 2. The molecule has 0 aromatic rings. The van der Waals surface area contributed by atoms with Crippen LogP contribution in [0.15, 0.2) is 0 Å². The smallest absolute Gasteiger partial charge is 0.470 e. The molecule has 0 saturated heterocycles. The molecule has 0 atom stereocenters. The molecule has 0 radical (unpaired) electrons. The van der Waals surface area contributed by atoms with E-state index in [1.54, 1.807) is 13.8 Å². The third-order valence-electron chi connectivity index (χ3n) is 1.89. The van der Waals surface area contributed by atoms with Crippen LogP contribution in [0.2, 0.25) is 0 Å². The van der Waals surface area contributed by atoms with Crippen molar-refractivity contribution in [1.82, 2.24) is 5.32 Å². The summed E-state index contributed by atoms with van der Waals surface area (Å²) in [6.45, 7) is 3.86. The molecular weight excluding hydrogens is 238 g/mol. The molecule has 0 bridgehead atoms. The van der Waals surface area contributed by atoms with E-state index in [0.717, 1.165) is 6.04 Å². The summed E-state index contributed by atoms with van der Waals surface area (Å²) in [5.74, 6) is 0. The fourth-order valence-electron chi connectivity index (χ4n) is 1.31.